The normalized spacial score (nSPS) is 22.2. The van der Waals surface area contributed by atoms with Crippen molar-refractivity contribution in [2.75, 3.05) is 13.1 Å². The number of sulfonamides is 1. The molecule has 20 heavy (non-hydrogen) atoms. The zero-order valence-corrected chi connectivity index (χ0v) is 13.7. The summed E-state index contributed by atoms with van der Waals surface area (Å²) in [7, 11) is -3.48. The number of rotatable bonds is 4. The van der Waals surface area contributed by atoms with E-state index in [0.717, 1.165) is 19.4 Å². The Bertz CT molecular complexity index is 541. The molecule has 6 nitrogen and oxygen atoms in total. The highest BCUT2D eigenvalue weighted by Gasteiger charge is 2.33. The zero-order chi connectivity index (χ0) is 14.1. The Morgan fingerprint density at radius 2 is 2.20 bits per heavy atom. The summed E-state index contributed by atoms with van der Waals surface area (Å²) in [6, 6.07) is 0.156. The fourth-order valence-corrected chi connectivity index (χ4v) is 3.68. The van der Waals surface area contributed by atoms with Crippen LogP contribution in [0.4, 0.5) is 0 Å². The molecule has 0 bridgehead atoms. The first-order valence-corrected chi connectivity index (χ1v) is 8.04. The summed E-state index contributed by atoms with van der Waals surface area (Å²) in [5.41, 5.74) is 0.662. The average Bonchev–Trinajstić information content (AvgIpc) is 2.74. The predicted molar refractivity (Wildman–Crippen MR) is 80.6 cm³/mol. The van der Waals surface area contributed by atoms with Crippen molar-refractivity contribution in [3.05, 3.63) is 11.9 Å². The van der Waals surface area contributed by atoms with Gasteiger partial charge in [-0.05, 0) is 31.7 Å². The van der Waals surface area contributed by atoms with Crippen molar-refractivity contribution < 1.29 is 8.42 Å². The lowest BCUT2D eigenvalue weighted by atomic mass is 9.78. The van der Waals surface area contributed by atoms with Crippen molar-refractivity contribution in [1.82, 2.24) is 20.2 Å². The van der Waals surface area contributed by atoms with Crippen molar-refractivity contribution in [3.63, 3.8) is 0 Å². The van der Waals surface area contributed by atoms with Crippen LogP contribution in [0.2, 0.25) is 0 Å². The van der Waals surface area contributed by atoms with E-state index < -0.39 is 10.0 Å². The SMILES string of the molecule is Cc1[nH]ncc1S(=O)(=O)NCC1NCCCC1(C)C.Cl. The number of nitrogens with one attached hydrogen (secondary N) is 3. The van der Waals surface area contributed by atoms with Gasteiger partial charge in [0, 0.05) is 12.6 Å². The van der Waals surface area contributed by atoms with Gasteiger partial charge in [0.1, 0.15) is 4.90 Å². The van der Waals surface area contributed by atoms with Gasteiger partial charge < -0.3 is 5.32 Å². The molecule has 0 spiro atoms. The lowest BCUT2D eigenvalue weighted by Gasteiger charge is -2.39. The first-order chi connectivity index (χ1) is 8.83. The maximum Gasteiger partial charge on any atom is 0.244 e. The van der Waals surface area contributed by atoms with Crippen molar-refractivity contribution in [3.8, 4) is 0 Å². The second kappa shape index (κ2) is 6.43. The van der Waals surface area contributed by atoms with Crippen LogP contribution in [-0.2, 0) is 10.0 Å². The summed E-state index contributed by atoms with van der Waals surface area (Å²) in [5.74, 6) is 0. The smallest absolute Gasteiger partial charge is 0.244 e. The van der Waals surface area contributed by atoms with Gasteiger partial charge in [-0.2, -0.15) is 5.10 Å². The quantitative estimate of drug-likeness (QED) is 0.777. The lowest BCUT2D eigenvalue weighted by Crippen LogP contribution is -2.52. The number of nitrogens with zero attached hydrogens (tertiary/aromatic N) is 1. The molecule has 3 N–H and O–H groups in total. The number of aromatic amines is 1. The third-order valence-corrected chi connectivity index (χ3v) is 5.42. The van der Waals surface area contributed by atoms with Crippen molar-refractivity contribution >= 4 is 22.4 Å². The molecular formula is C12H23ClN4O2S. The molecule has 8 heteroatoms. The van der Waals surface area contributed by atoms with Crippen molar-refractivity contribution in [2.45, 2.75) is 44.6 Å². The van der Waals surface area contributed by atoms with E-state index in [1.165, 1.54) is 6.20 Å². The second-order valence-corrected chi connectivity index (χ2v) is 7.55. The fraction of sp³-hybridized carbons (Fsp3) is 0.750. The Morgan fingerprint density at radius 3 is 2.75 bits per heavy atom. The third-order valence-electron chi connectivity index (χ3n) is 3.88. The highest BCUT2D eigenvalue weighted by molar-refractivity contribution is 7.89. The van der Waals surface area contributed by atoms with Gasteiger partial charge in [-0.3, -0.25) is 5.10 Å². The Labute approximate surface area is 126 Å². The monoisotopic (exact) mass is 322 g/mol. The van der Waals surface area contributed by atoms with Crippen LogP contribution in [0.3, 0.4) is 0 Å². The van der Waals surface area contributed by atoms with Crippen molar-refractivity contribution in [1.29, 1.82) is 0 Å². The first kappa shape index (κ1) is 17.4. The molecule has 1 fully saturated rings. The number of aromatic nitrogens is 2. The molecule has 1 aromatic rings. The second-order valence-electron chi connectivity index (χ2n) is 5.81. The number of aryl methyl sites for hydroxylation is 1. The van der Waals surface area contributed by atoms with Gasteiger partial charge >= 0.3 is 0 Å². The molecule has 0 radical (unpaired) electrons. The predicted octanol–water partition coefficient (Wildman–Crippen LogP) is 1.20. The van der Waals surface area contributed by atoms with Crippen LogP contribution in [0.1, 0.15) is 32.4 Å². The maximum absolute atomic E-state index is 12.2. The van der Waals surface area contributed by atoms with Crippen LogP contribution in [0, 0.1) is 12.3 Å². The summed E-state index contributed by atoms with van der Waals surface area (Å²) >= 11 is 0. The summed E-state index contributed by atoms with van der Waals surface area (Å²) in [5, 5.41) is 9.79. The van der Waals surface area contributed by atoms with E-state index in [2.05, 4.69) is 34.1 Å². The number of H-pyrrole nitrogens is 1. The van der Waals surface area contributed by atoms with E-state index in [1.54, 1.807) is 6.92 Å². The van der Waals surface area contributed by atoms with Gasteiger partial charge in [0.2, 0.25) is 10.0 Å². The van der Waals surface area contributed by atoms with Gasteiger partial charge in [0.15, 0.2) is 0 Å². The average molecular weight is 323 g/mol. The molecule has 0 aliphatic carbocycles. The molecular weight excluding hydrogens is 300 g/mol. The van der Waals surface area contributed by atoms with Gasteiger partial charge in [-0.25, -0.2) is 13.1 Å². The minimum atomic E-state index is -3.48. The van der Waals surface area contributed by atoms with E-state index in [0.29, 0.717) is 12.2 Å². The van der Waals surface area contributed by atoms with Crippen LogP contribution in [-0.4, -0.2) is 37.7 Å². The van der Waals surface area contributed by atoms with Gasteiger partial charge in [-0.15, -0.1) is 12.4 Å². The van der Waals surface area contributed by atoms with Gasteiger partial charge in [0.25, 0.3) is 0 Å². The Morgan fingerprint density at radius 1 is 1.50 bits per heavy atom. The number of piperidine rings is 1. The van der Waals surface area contributed by atoms with Crippen LogP contribution >= 0.6 is 12.4 Å². The summed E-state index contributed by atoms with van der Waals surface area (Å²) < 4.78 is 27.0. The molecule has 1 saturated heterocycles. The van der Waals surface area contributed by atoms with E-state index in [1.807, 2.05) is 0 Å². The standard InChI is InChI=1S/C12H22N4O2S.ClH/c1-9-10(7-14-16-9)19(17,18)15-8-11-12(2,3)5-4-6-13-11;/h7,11,13,15H,4-6,8H2,1-3H3,(H,14,16);1H. The Kier molecular flexibility index (Phi) is 5.60. The number of hydrogen-bond acceptors (Lipinski definition) is 4. The molecule has 1 unspecified atom stereocenters. The number of halogens is 1. The minimum absolute atomic E-state index is 0. The molecule has 1 atom stereocenters. The summed E-state index contributed by atoms with van der Waals surface area (Å²) in [4.78, 5) is 0.223. The van der Waals surface area contributed by atoms with E-state index in [-0.39, 0.29) is 28.8 Å². The van der Waals surface area contributed by atoms with Crippen LogP contribution in [0.25, 0.3) is 0 Å². The van der Waals surface area contributed by atoms with E-state index >= 15 is 0 Å². The van der Waals surface area contributed by atoms with E-state index in [9.17, 15) is 8.42 Å². The van der Waals surface area contributed by atoms with E-state index in [4.69, 9.17) is 0 Å². The maximum atomic E-state index is 12.2. The molecule has 2 heterocycles. The Hall–Kier alpha value is -0.630. The topological polar surface area (TPSA) is 86.9 Å². The molecule has 1 aromatic heterocycles. The molecule has 1 aliphatic heterocycles. The largest absolute Gasteiger partial charge is 0.312 e. The fourth-order valence-electron chi connectivity index (χ4n) is 2.50. The first-order valence-electron chi connectivity index (χ1n) is 6.56. The number of hydrogen-bond donors (Lipinski definition) is 3. The highest BCUT2D eigenvalue weighted by atomic mass is 35.5. The molecule has 116 valence electrons. The van der Waals surface area contributed by atoms with Gasteiger partial charge in [-0.1, -0.05) is 13.8 Å². The molecule has 0 amide bonds. The van der Waals surface area contributed by atoms with Crippen LogP contribution in [0.15, 0.2) is 11.1 Å². The molecule has 0 saturated carbocycles. The Balaban J connectivity index is 0.00000200. The molecule has 1 aliphatic rings. The third kappa shape index (κ3) is 3.72. The minimum Gasteiger partial charge on any atom is -0.312 e. The van der Waals surface area contributed by atoms with Gasteiger partial charge in [0.05, 0.1) is 11.9 Å². The zero-order valence-electron chi connectivity index (χ0n) is 12.1. The highest BCUT2D eigenvalue weighted by Crippen LogP contribution is 2.29. The molecule has 2 rings (SSSR count). The van der Waals surface area contributed by atoms with Crippen LogP contribution < -0.4 is 10.0 Å². The lowest BCUT2D eigenvalue weighted by molar-refractivity contribution is 0.181. The summed E-state index contributed by atoms with van der Waals surface area (Å²) in [6.07, 6.45) is 3.59. The van der Waals surface area contributed by atoms with Crippen LogP contribution in [0.5, 0.6) is 0 Å². The summed E-state index contributed by atoms with van der Waals surface area (Å²) in [6.45, 7) is 7.38. The molecule has 0 aromatic carbocycles. The van der Waals surface area contributed by atoms with Crippen molar-refractivity contribution in [2.24, 2.45) is 5.41 Å².